The van der Waals surface area contributed by atoms with E-state index in [2.05, 4.69) is 38.1 Å². The van der Waals surface area contributed by atoms with Gasteiger partial charge >= 0.3 is 0 Å². The van der Waals surface area contributed by atoms with Crippen LogP contribution in [0.3, 0.4) is 0 Å². The van der Waals surface area contributed by atoms with Gasteiger partial charge in [-0.05, 0) is 18.6 Å². The molecule has 0 aliphatic rings. The Balaban J connectivity index is 2.74. The fourth-order valence-corrected chi connectivity index (χ4v) is 1.44. The van der Waals surface area contributed by atoms with Gasteiger partial charge < -0.3 is 4.42 Å². The second kappa shape index (κ2) is 2.67. The van der Waals surface area contributed by atoms with Crippen molar-refractivity contribution >= 4 is 11.0 Å². The Hall–Kier alpha value is -1.24. The van der Waals surface area contributed by atoms with Crippen LogP contribution in [-0.2, 0) is 6.42 Å². The molecule has 12 heavy (non-hydrogen) atoms. The fraction of sp³-hybridized carbons (Fsp3) is 0.273. The van der Waals surface area contributed by atoms with Crippen molar-refractivity contribution < 1.29 is 4.42 Å². The SMILES string of the molecule is CCc1cc2cccc(C)c2o1. The molecule has 0 fully saturated rings. The molecule has 0 atom stereocenters. The first-order valence-electron chi connectivity index (χ1n) is 4.29. The van der Waals surface area contributed by atoms with Crippen LogP contribution in [0.1, 0.15) is 18.2 Å². The van der Waals surface area contributed by atoms with Gasteiger partial charge in [0, 0.05) is 11.8 Å². The predicted octanol–water partition coefficient (Wildman–Crippen LogP) is 3.30. The summed E-state index contributed by atoms with van der Waals surface area (Å²) in [5, 5.41) is 1.21. The van der Waals surface area contributed by atoms with Gasteiger partial charge in [0.1, 0.15) is 11.3 Å². The van der Waals surface area contributed by atoms with Crippen LogP contribution >= 0.6 is 0 Å². The van der Waals surface area contributed by atoms with Crippen molar-refractivity contribution in [1.29, 1.82) is 0 Å². The van der Waals surface area contributed by atoms with Crippen molar-refractivity contribution in [2.45, 2.75) is 20.3 Å². The van der Waals surface area contributed by atoms with Crippen LogP contribution in [0.25, 0.3) is 11.0 Å². The van der Waals surface area contributed by atoms with Gasteiger partial charge in [0.15, 0.2) is 0 Å². The van der Waals surface area contributed by atoms with E-state index in [1.54, 1.807) is 0 Å². The van der Waals surface area contributed by atoms with Gasteiger partial charge in [-0.25, -0.2) is 0 Å². The molecule has 1 heterocycles. The third-order valence-electron chi connectivity index (χ3n) is 2.14. The zero-order chi connectivity index (χ0) is 8.55. The summed E-state index contributed by atoms with van der Waals surface area (Å²) in [6, 6.07) is 8.34. The smallest absolute Gasteiger partial charge is 0.137 e. The van der Waals surface area contributed by atoms with E-state index in [-0.39, 0.29) is 0 Å². The number of hydrogen-bond acceptors (Lipinski definition) is 1. The van der Waals surface area contributed by atoms with Crippen LogP contribution < -0.4 is 0 Å². The summed E-state index contributed by atoms with van der Waals surface area (Å²) in [4.78, 5) is 0. The molecule has 0 saturated heterocycles. The lowest BCUT2D eigenvalue weighted by molar-refractivity contribution is 0.555. The average Bonchev–Trinajstić information content (AvgIpc) is 2.49. The summed E-state index contributed by atoms with van der Waals surface area (Å²) >= 11 is 0. The van der Waals surface area contributed by atoms with Crippen molar-refractivity contribution in [3.63, 3.8) is 0 Å². The Kier molecular flexibility index (Phi) is 1.65. The molecule has 0 amide bonds. The molecule has 2 aromatic rings. The highest BCUT2D eigenvalue weighted by Crippen LogP contribution is 2.22. The van der Waals surface area contributed by atoms with Gasteiger partial charge in [-0.2, -0.15) is 0 Å². The van der Waals surface area contributed by atoms with Gasteiger partial charge in [0.05, 0.1) is 0 Å². The van der Waals surface area contributed by atoms with E-state index in [9.17, 15) is 0 Å². The predicted molar refractivity (Wildman–Crippen MR) is 50.3 cm³/mol. The molecule has 0 spiro atoms. The van der Waals surface area contributed by atoms with E-state index in [1.807, 2.05) is 0 Å². The molecule has 0 saturated carbocycles. The summed E-state index contributed by atoms with van der Waals surface area (Å²) < 4.78 is 5.65. The van der Waals surface area contributed by atoms with Crippen molar-refractivity contribution in [1.82, 2.24) is 0 Å². The minimum atomic E-state index is 0.966. The van der Waals surface area contributed by atoms with Crippen molar-refractivity contribution in [3.8, 4) is 0 Å². The van der Waals surface area contributed by atoms with Crippen LogP contribution in [0, 0.1) is 6.92 Å². The molecule has 0 radical (unpaired) electrons. The van der Waals surface area contributed by atoms with E-state index in [4.69, 9.17) is 4.42 Å². The Morgan fingerprint density at radius 2 is 2.17 bits per heavy atom. The number of aryl methyl sites for hydroxylation is 2. The maximum Gasteiger partial charge on any atom is 0.137 e. The number of furan rings is 1. The summed E-state index contributed by atoms with van der Waals surface area (Å²) in [5.41, 5.74) is 2.25. The number of hydrogen-bond donors (Lipinski definition) is 0. The van der Waals surface area contributed by atoms with Gasteiger partial charge in [0.2, 0.25) is 0 Å². The number of rotatable bonds is 1. The highest BCUT2D eigenvalue weighted by Gasteiger charge is 2.02. The first-order chi connectivity index (χ1) is 5.81. The highest BCUT2D eigenvalue weighted by molar-refractivity contribution is 5.80. The Morgan fingerprint density at radius 1 is 1.33 bits per heavy atom. The summed E-state index contributed by atoms with van der Waals surface area (Å²) in [5.74, 6) is 1.07. The number of fused-ring (bicyclic) bond motifs is 1. The Labute approximate surface area is 72.0 Å². The van der Waals surface area contributed by atoms with Crippen molar-refractivity contribution in [3.05, 3.63) is 35.6 Å². The topological polar surface area (TPSA) is 13.1 Å². The largest absolute Gasteiger partial charge is 0.461 e. The molecule has 0 aliphatic heterocycles. The molecule has 1 aromatic heterocycles. The maximum absolute atomic E-state index is 5.65. The van der Waals surface area contributed by atoms with Crippen LogP contribution in [-0.4, -0.2) is 0 Å². The second-order valence-corrected chi connectivity index (χ2v) is 3.06. The minimum absolute atomic E-state index is 0.966. The average molecular weight is 160 g/mol. The van der Waals surface area contributed by atoms with E-state index in [0.29, 0.717) is 0 Å². The van der Waals surface area contributed by atoms with Gasteiger partial charge in [-0.3, -0.25) is 0 Å². The quantitative estimate of drug-likeness (QED) is 0.623. The maximum atomic E-state index is 5.65. The molecule has 0 N–H and O–H groups in total. The van der Waals surface area contributed by atoms with Gasteiger partial charge in [0.25, 0.3) is 0 Å². The van der Waals surface area contributed by atoms with Gasteiger partial charge in [-0.1, -0.05) is 25.1 Å². The standard InChI is InChI=1S/C11H12O/c1-3-10-7-9-6-4-5-8(2)11(9)12-10/h4-7H,3H2,1-2H3. The first kappa shape index (κ1) is 7.41. The van der Waals surface area contributed by atoms with E-state index in [0.717, 1.165) is 17.8 Å². The number of benzene rings is 1. The van der Waals surface area contributed by atoms with Crippen molar-refractivity contribution in [2.24, 2.45) is 0 Å². The molecule has 62 valence electrons. The Bertz CT molecular complexity index is 398. The lowest BCUT2D eigenvalue weighted by atomic mass is 10.2. The monoisotopic (exact) mass is 160 g/mol. The van der Waals surface area contributed by atoms with Crippen LogP contribution in [0.5, 0.6) is 0 Å². The molecule has 1 heteroatoms. The third kappa shape index (κ3) is 1.02. The van der Waals surface area contributed by atoms with Crippen molar-refractivity contribution in [2.75, 3.05) is 0 Å². The van der Waals surface area contributed by atoms with Crippen LogP contribution in [0.15, 0.2) is 28.7 Å². The van der Waals surface area contributed by atoms with E-state index < -0.39 is 0 Å². The fourth-order valence-electron chi connectivity index (χ4n) is 1.44. The highest BCUT2D eigenvalue weighted by atomic mass is 16.3. The zero-order valence-corrected chi connectivity index (χ0v) is 7.42. The normalized spacial score (nSPS) is 10.8. The molecule has 0 aliphatic carbocycles. The Morgan fingerprint density at radius 3 is 2.83 bits per heavy atom. The number of para-hydroxylation sites is 1. The summed E-state index contributed by atoms with van der Waals surface area (Å²) in [6.45, 7) is 4.18. The minimum Gasteiger partial charge on any atom is -0.461 e. The zero-order valence-electron chi connectivity index (χ0n) is 7.42. The second-order valence-electron chi connectivity index (χ2n) is 3.06. The summed E-state index contributed by atoms with van der Waals surface area (Å²) in [7, 11) is 0. The molecular formula is C11H12O. The van der Waals surface area contributed by atoms with Gasteiger partial charge in [-0.15, -0.1) is 0 Å². The molecule has 0 bridgehead atoms. The molecule has 2 rings (SSSR count). The molecule has 1 aromatic carbocycles. The first-order valence-corrected chi connectivity index (χ1v) is 4.29. The van der Waals surface area contributed by atoms with Crippen LogP contribution in [0.4, 0.5) is 0 Å². The molecule has 1 nitrogen and oxygen atoms in total. The molecular weight excluding hydrogens is 148 g/mol. The lowest BCUT2D eigenvalue weighted by Crippen LogP contribution is -1.70. The lowest BCUT2D eigenvalue weighted by Gasteiger charge is -1.91. The van der Waals surface area contributed by atoms with E-state index >= 15 is 0 Å². The van der Waals surface area contributed by atoms with E-state index in [1.165, 1.54) is 10.9 Å². The molecule has 0 unspecified atom stereocenters. The van der Waals surface area contributed by atoms with Crippen LogP contribution in [0.2, 0.25) is 0 Å². The third-order valence-corrected chi connectivity index (χ3v) is 2.14. The summed E-state index contributed by atoms with van der Waals surface area (Å²) in [6.07, 6.45) is 0.966.